The second-order valence-electron chi connectivity index (χ2n) is 6.41. The Morgan fingerprint density at radius 2 is 2.00 bits per heavy atom. The Balaban J connectivity index is 1.73. The van der Waals surface area contributed by atoms with E-state index in [9.17, 15) is 9.59 Å². The molecule has 0 heterocycles. The lowest BCUT2D eigenvalue weighted by Gasteiger charge is -2.12. The maximum atomic E-state index is 11.7. The highest BCUT2D eigenvalue weighted by Crippen LogP contribution is 2.37. The molecule has 2 aromatic carbocycles. The smallest absolute Gasteiger partial charge is 0.214 e. The normalized spacial score (nSPS) is 13.8. The molecular formula is C20H20N4O2S. The topological polar surface area (TPSA) is 96.6 Å². The summed E-state index contributed by atoms with van der Waals surface area (Å²) in [7, 11) is 0. The van der Waals surface area contributed by atoms with Crippen molar-refractivity contribution in [2.45, 2.75) is 19.3 Å². The molecule has 3 rings (SSSR count). The molecule has 0 radical (unpaired) electrons. The molecule has 0 atom stereocenters. The largest absolute Gasteiger partial charge is 0.384 e. The summed E-state index contributed by atoms with van der Waals surface area (Å²) in [5.41, 5.74) is 12.5. The summed E-state index contributed by atoms with van der Waals surface area (Å²) in [6.07, 6.45) is 2.38. The van der Waals surface area contributed by atoms with Crippen molar-refractivity contribution in [3.8, 4) is 0 Å². The van der Waals surface area contributed by atoms with Crippen molar-refractivity contribution in [2.75, 3.05) is 11.9 Å². The van der Waals surface area contributed by atoms with E-state index in [0.29, 0.717) is 12.1 Å². The van der Waals surface area contributed by atoms with Crippen LogP contribution < -0.4 is 16.5 Å². The fourth-order valence-electron chi connectivity index (χ4n) is 2.91. The number of ketones is 2. The number of carbonyl (C=O) groups is 2. The Hall–Kier alpha value is -3.06. The minimum Gasteiger partial charge on any atom is -0.384 e. The Morgan fingerprint density at radius 3 is 2.67 bits per heavy atom. The third-order valence-corrected chi connectivity index (χ3v) is 4.36. The third-order valence-electron chi connectivity index (χ3n) is 4.27. The van der Waals surface area contributed by atoms with Crippen LogP contribution in [0, 0.1) is 6.92 Å². The van der Waals surface area contributed by atoms with Gasteiger partial charge < -0.3 is 11.1 Å². The molecule has 2 aromatic rings. The molecule has 0 unspecified atom stereocenters. The lowest BCUT2D eigenvalue weighted by atomic mass is 10.0. The maximum absolute atomic E-state index is 11.7. The number of nitrogens with zero attached hydrogens (tertiary/aromatic N) is 1. The van der Waals surface area contributed by atoms with Crippen molar-refractivity contribution in [2.24, 2.45) is 10.8 Å². The first-order chi connectivity index (χ1) is 13.0. The summed E-state index contributed by atoms with van der Waals surface area (Å²) in [5, 5.41) is 7.31. The van der Waals surface area contributed by atoms with E-state index in [2.05, 4.69) is 53.2 Å². The van der Waals surface area contributed by atoms with Crippen LogP contribution in [0.25, 0.3) is 0 Å². The van der Waals surface area contributed by atoms with Gasteiger partial charge in [0.25, 0.3) is 0 Å². The van der Waals surface area contributed by atoms with E-state index in [-0.39, 0.29) is 16.7 Å². The van der Waals surface area contributed by atoms with Gasteiger partial charge in [0.15, 0.2) is 5.11 Å². The predicted octanol–water partition coefficient (Wildman–Crippen LogP) is 2.05. The van der Waals surface area contributed by atoms with Crippen LogP contribution in [-0.2, 0) is 16.0 Å². The van der Waals surface area contributed by atoms with Gasteiger partial charge in [-0.2, -0.15) is 5.10 Å². The van der Waals surface area contributed by atoms with Crippen LogP contribution in [0.2, 0.25) is 0 Å². The van der Waals surface area contributed by atoms with Crippen molar-refractivity contribution in [1.82, 2.24) is 5.43 Å². The van der Waals surface area contributed by atoms with Crippen LogP contribution in [-0.4, -0.2) is 29.4 Å². The fraction of sp³-hybridized carbons (Fsp3) is 0.200. The zero-order chi connectivity index (χ0) is 19.4. The molecule has 0 spiro atoms. The minimum absolute atomic E-state index is 0.0634. The van der Waals surface area contributed by atoms with Crippen molar-refractivity contribution in [1.29, 1.82) is 0 Å². The molecule has 138 valence electrons. The first kappa shape index (κ1) is 18.7. The van der Waals surface area contributed by atoms with Crippen LogP contribution in [0.3, 0.4) is 0 Å². The van der Waals surface area contributed by atoms with Crippen LogP contribution in [0.4, 0.5) is 5.69 Å². The number of carbonyl (C=O) groups excluding carboxylic acids is 2. The molecule has 1 aliphatic carbocycles. The zero-order valence-corrected chi connectivity index (χ0v) is 15.7. The van der Waals surface area contributed by atoms with Gasteiger partial charge in [-0.05, 0) is 54.4 Å². The number of hydrazone groups is 1. The van der Waals surface area contributed by atoms with E-state index in [1.54, 1.807) is 6.07 Å². The SMILES string of the molecule is Cc1cccc(CCNc2ccc(/C=N/NC(N)=S)cc2C2C(=O)C2=O)c1. The van der Waals surface area contributed by atoms with Crippen LogP contribution in [0.5, 0.6) is 0 Å². The van der Waals surface area contributed by atoms with Gasteiger partial charge in [-0.1, -0.05) is 35.9 Å². The van der Waals surface area contributed by atoms with E-state index >= 15 is 0 Å². The average molecular weight is 380 g/mol. The monoisotopic (exact) mass is 380 g/mol. The van der Waals surface area contributed by atoms with Gasteiger partial charge >= 0.3 is 0 Å². The molecule has 7 heteroatoms. The van der Waals surface area contributed by atoms with Crippen molar-refractivity contribution in [3.63, 3.8) is 0 Å². The molecule has 0 bridgehead atoms. The van der Waals surface area contributed by atoms with Gasteiger partial charge in [-0.15, -0.1) is 0 Å². The standard InChI is InChI=1S/C20H20N4O2S/c1-12-3-2-4-13(9-12)7-8-22-16-6-5-14(11-23-24-20(21)27)10-15(16)17-18(25)19(17)26/h2-6,9-11,17,22H,7-8H2,1H3,(H3,21,24,27)/b23-11+. The van der Waals surface area contributed by atoms with E-state index in [4.69, 9.17) is 5.73 Å². The predicted molar refractivity (Wildman–Crippen MR) is 110 cm³/mol. The molecule has 27 heavy (non-hydrogen) atoms. The molecule has 1 aliphatic rings. The first-order valence-electron chi connectivity index (χ1n) is 8.55. The Kier molecular flexibility index (Phi) is 5.61. The number of Topliss-reactive ketones (excluding diaryl/α,β-unsaturated/α-hetero) is 2. The number of nitrogens with one attached hydrogen (secondary N) is 2. The Morgan fingerprint density at radius 1 is 1.22 bits per heavy atom. The number of thiocarbonyl (C=S) groups is 1. The Bertz CT molecular complexity index is 925. The van der Waals surface area contributed by atoms with Gasteiger partial charge in [0.1, 0.15) is 5.92 Å². The molecule has 1 fully saturated rings. The van der Waals surface area contributed by atoms with Crippen molar-refractivity contribution < 1.29 is 9.59 Å². The van der Waals surface area contributed by atoms with Crippen molar-refractivity contribution in [3.05, 3.63) is 64.7 Å². The van der Waals surface area contributed by atoms with Gasteiger partial charge in [0, 0.05) is 12.2 Å². The molecule has 0 saturated heterocycles. The van der Waals surface area contributed by atoms with Crippen molar-refractivity contribution >= 4 is 40.8 Å². The summed E-state index contributed by atoms with van der Waals surface area (Å²) in [4.78, 5) is 23.3. The summed E-state index contributed by atoms with van der Waals surface area (Å²) in [6.45, 7) is 2.76. The second kappa shape index (κ2) is 8.09. The Labute approximate surface area is 162 Å². The number of anilines is 1. The first-order valence-corrected chi connectivity index (χ1v) is 8.96. The summed E-state index contributed by atoms with van der Waals surface area (Å²) in [6, 6.07) is 13.8. The molecule has 0 amide bonds. The highest BCUT2D eigenvalue weighted by Gasteiger charge is 2.50. The average Bonchev–Trinajstić information content (AvgIpc) is 3.22. The summed E-state index contributed by atoms with van der Waals surface area (Å²) >= 11 is 4.69. The lowest BCUT2D eigenvalue weighted by Crippen LogP contribution is -2.24. The molecule has 1 saturated carbocycles. The minimum atomic E-state index is -0.677. The van der Waals surface area contributed by atoms with Crippen LogP contribution >= 0.6 is 12.2 Å². The summed E-state index contributed by atoms with van der Waals surface area (Å²) in [5.74, 6) is -1.39. The number of benzene rings is 2. The molecule has 6 nitrogen and oxygen atoms in total. The van der Waals surface area contributed by atoms with E-state index in [1.807, 2.05) is 18.2 Å². The molecule has 0 aromatic heterocycles. The number of aryl methyl sites for hydroxylation is 1. The van der Waals surface area contributed by atoms with E-state index < -0.39 is 5.92 Å². The maximum Gasteiger partial charge on any atom is 0.214 e. The van der Waals surface area contributed by atoms with Gasteiger partial charge in [0.2, 0.25) is 11.6 Å². The summed E-state index contributed by atoms with van der Waals surface area (Å²) < 4.78 is 0. The third kappa shape index (κ3) is 4.77. The second-order valence-corrected chi connectivity index (χ2v) is 6.85. The molecule has 4 N–H and O–H groups in total. The fourth-order valence-corrected chi connectivity index (χ4v) is 2.96. The van der Waals surface area contributed by atoms with Crippen LogP contribution in [0.15, 0.2) is 47.6 Å². The van der Waals surface area contributed by atoms with Gasteiger partial charge in [0.05, 0.1) is 6.21 Å². The highest BCUT2D eigenvalue weighted by atomic mass is 32.1. The number of rotatable bonds is 7. The zero-order valence-electron chi connectivity index (χ0n) is 14.9. The number of nitrogens with two attached hydrogens (primary N) is 1. The highest BCUT2D eigenvalue weighted by molar-refractivity contribution is 7.80. The van der Waals surface area contributed by atoms with E-state index in [1.165, 1.54) is 17.3 Å². The molecule has 0 aliphatic heterocycles. The van der Waals surface area contributed by atoms with Crippen LogP contribution in [0.1, 0.15) is 28.2 Å². The number of hydrogen-bond donors (Lipinski definition) is 3. The number of hydrogen-bond acceptors (Lipinski definition) is 5. The molecular weight excluding hydrogens is 360 g/mol. The lowest BCUT2D eigenvalue weighted by molar-refractivity contribution is -0.122. The quantitative estimate of drug-likeness (QED) is 0.224. The van der Waals surface area contributed by atoms with Gasteiger partial charge in [-0.3, -0.25) is 15.0 Å². The van der Waals surface area contributed by atoms with Gasteiger partial charge in [-0.25, -0.2) is 0 Å². The van der Waals surface area contributed by atoms with E-state index in [0.717, 1.165) is 17.7 Å².